The number of rotatable bonds is 10. The second-order valence-electron chi connectivity index (χ2n) is 6.78. The van der Waals surface area contributed by atoms with E-state index < -0.39 is 23.9 Å². The van der Waals surface area contributed by atoms with Crippen LogP contribution in [0.25, 0.3) is 11.1 Å². The highest BCUT2D eigenvalue weighted by molar-refractivity contribution is 7.99. The molecule has 0 aliphatic carbocycles. The Hall–Kier alpha value is -3.18. The largest absolute Gasteiger partial charge is 0.462 e. The fraction of sp³-hybridized carbons (Fsp3) is 0.318. The second kappa shape index (κ2) is 11.6. The van der Waals surface area contributed by atoms with Gasteiger partial charge in [-0.25, -0.2) is 4.79 Å². The minimum Gasteiger partial charge on any atom is -0.462 e. The van der Waals surface area contributed by atoms with E-state index in [1.165, 1.54) is 30.0 Å². The number of aryl methyl sites for hydroxylation is 1. The quantitative estimate of drug-likeness (QED) is 0.420. The number of amides is 1. The molecule has 2 aromatic heterocycles. The van der Waals surface area contributed by atoms with Crippen molar-refractivity contribution in [2.75, 3.05) is 17.7 Å². The van der Waals surface area contributed by atoms with E-state index in [0.717, 1.165) is 5.56 Å². The van der Waals surface area contributed by atoms with Crippen molar-refractivity contribution < 1.29 is 28.4 Å². The molecule has 2 heterocycles. The Bertz CT molecular complexity index is 1110. The third kappa shape index (κ3) is 6.65. The van der Waals surface area contributed by atoms with Crippen LogP contribution in [-0.4, -0.2) is 46.5 Å². The molecule has 0 aliphatic heterocycles. The summed E-state index contributed by atoms with van der Waals surface area (Å²) in [4.78, 5) is 41.4. The van der Waals surface area contributed by atoms with Gasteiger partial charge in [-0.15, -0.1) is 23.1 Å². The predicted octanol–water partition coefficient (Wildman–Crippen LogP) is 4.09. The smallest absolute Gasteiger partial charge is 0.341 e. The maximum Gasteiger partial charge on any atom is 0.341 e. The molecule has 1 N–H and O–H groups in total. The van der Waals surface area contributed by atoms with Gasteiger partial charge in [0.15, 0.2) is 11.9 Å². The summed E-state index contributed by atoms with van der Waals surface area (Å²) in [5.74, 6) is -0.298. The van der Waals surface area contributed by atoms with Crippen LogP contribution in [0.3, 0.4) is 0 Å². The Labute approximate surface area is 198 Å². The fourth-order valence-electron chi connectivity index (χ4n) is 2.81. The van der Waals surface area contributed by atoms with Gasteiger partial charge in [0.25, 0.3) is 5.91 Å². The van der Waals surface area contributed by atoms with Gasteiger partial charge in [-0.05, 0) is 19.4 Å². The van der Waals surface area contributed by atoms with Gasteiger partial charge in [0.2, 0.25) is 5.89 Å². The highest BCUT2D eigenvalue weighted by Crippen LogP contribution is 2.36. The van der Waals surface area contributed by atoms with E-state index in [1.54, 1.807) is 19.2 Å². The monoisotopic (exact) mass is 489 g/mol. The molecule has 1 unspecified atom stereocenters. The Balaban J connectivity index is 1.62. The molecular weight excluding hydrogens is 466 g/mol. The minimum absolute atomic E-state index is 0.0242. The summed E-state index contributed by atoms with van der Waals surface area (Å²) in [6.45, 7) is 5.06. The number of hydrogen-bond acceptors (Lipinski definition) is 10. The summed E-state index contributed by atoms with van der Waals surface area (Å²) in [5.41, 5.74) is 1.75. The predicted molar refractivity (Wildman–Crippen MR) is 125 cm³/mol. The first kappa shape index (κ1) is 24.5. The molecular formula is C22H23N3O6S2. The molecule has 3 rings (SSSR count). The van der Waals surface area contributed by atoms with Crippen LogP contribution in [0.15, 0.2) is 40.2 Å². The average Bonchev–Trinajstić information content (AvgIpc) is 3.40. The van der Waals surface area contributed by atoms with Gasteiger partial charge in [-0.1, -0.05) is 35.5 Å². The van der Waals surface area contributed by atoms with E-state index in [2.05, 4.69) is 15.5 Å². The third-order valence-electron chi connectivity index (χ3n) is 4.29. The molecule has 33 heavy (non-hydrogen) atoms. The highest BCUT2D eigenvalue weighted by Gasteiger charge is 2.25. The van der Waals surface area contributed by atoms with Crippen molar-refractivity contribution in [2.24, 2.45) is 0 Å². The fourth-order valence-corrected chi connectivity index (χ4v) is 4.41. The van der Waals surface area contributed by atoms with Gasteiger partial charge in [0.1, 0.15) is 10.6 Å². The van der Waals surface area contributed by atoms with Crippen LogP contribution in [0.5, 0.6) is 0 Å². The SMILES string of the molecule is CCOC(=O)c1c(-c2ccccc2)csc1NC(=O)C(C)OC(=O)CSCc1noc(C)n1. The number of nitrogens with one attached hydrogen (secondary N) is 1. The lowest BCUT2D eigenvalue weighted by Crippen LogP contribution is -2.30. The zero-order valence-corrected chi connectivity index (χ0v) is 20.0. The summed E-state index contributed by atoms with van der Waals surface area (Å²) in [5, 5.41) is 8.56. The molecule has 9 nitrogen and oxygen atoms in total. The number of thiophene rings is 1. The van der Waals surface area contributed by atoms with Gasteiger partial charge in [0.05, 0.1) is 18.1 Å². The Morgan fingerprint density at radius 2 is 2.00 bits per heavy atom. The van der Waals surface area contributed by atoms with Crippen LogP contribution >= 0.6 is 23.1 Å². The van der Waals surface area contributed by atoms with Crippen molar-refractivity contribution in [2.45, 2.75) is 32.6 Å². The second-order valence-corrected chi connectivity index (χ2v) is 8.65. The van der Waals surface area contributed by atoms with E-state index >= 15 is 0 Å². The molecule has 174 valence electrons. The van der Waals surface area contributed by atoms with E-state index in [9.17, 15) is 14.4 Å². The first-order valence-corrected chi connectivity index (χ1v) is 12.1. The molecule has 11 heteroatoms. The van der Waals surface area contributed by atoms with E-state index in [0.29, 0.717) is 28.0 Å². The number of esters is 2. The van der Waals surface area contributed by atoms with Gasteiger partial charge in [0, 0.05) is 17.9 Å². The van der Waals surface area contributed by atoms with Crippen molar-refractivity contribution in [3.05, 3.63) is 53.0 Å². The number of carbonyl (C=O) groups excluding carboxylic acids is 3. The maximum absolute atomic E-state index is 12.7. The Morgan fingerprint density at radius 1 is 1.24 bits per heavy atom. The first-order chi connectivity index (χ1) is 15.9. The van der Waals surface area contributed by atoms with Crippen molar-refractivity contribution >= 4 is 45.9 Å². The number of anilines is 1. The topological polar surface area (TPSA) is 121 Å². The van der Waals surface area contributed by atoms with Gasteiger partial charge in [-0.2, -0.15) is 4.98 Å². The van der Waals surface area contributed by atoms with Crippen molar-refractivity contribution in [1.29, 1.82) is 0 Å². The molecule has 0 saturated heterocycles. The number of nitrogens with zero attached hydrogens (tertiary/aromatic N) is 2. The van der Waals surface area contributed by atoms with E-state index in [1.807, 2.05) is 30.3 Å². The zero-order valence-electron chi connectivity index (χ0n) is 18.3. The van der Waals surface area contributed by atoms with Gasteiger partial charge in [-0.3, -0.25) is 9.59 Å². The lowest BCUT2D eigenvalue weighted by molar-refractivity contribution is -0.150. The van der Waals surface area contributed by atoms with Gasteiger partial charge < -0.3 is 19.3 Å². The molecule has 0 saturated carbocycles. The summed E-state index contributed by atoms with van der Waals surface area (Å²) >= 11 is 2.45. The number of ether oxygens (including phenoxy) is 2. The summed E-state index contributed by atoms with van der Waals surface area (Å²) < 4.78 is 15.3. The molecule has 0 aliphatic rings. The van der Waals surface area contributed by atoms with E-state index in [-0.39, 0.29) is 17.9 Å². The van der Waals surface area contributed by atoms with Crippen LogP contribution in [0.1, 0.15) is 35.9 Å². The number of thioether (sulfide) groups is 1. The lowest BCUT2D eigenvalue weighted by Gasteiger charge is -2.14. The minimum atomic E-state index is -1.05. The zero-order chi connectivity index (χ0) is 23.8. The Kier molecular flexibility index (Phi) is 8.61. The number of carbonyl (C=O) groups is 3. The third-order valence-corrected chi connectivity index (χ3v) is 6.09. The summed E-state index contributed by atoms with van der Waals surface area (Å²) in [7, 11) is 0. The molecule has 1 atom stereocenters. The van der Waals surface area contributed by atoms with E-state index in [4.69, 9.17) is 14.0 Å². The normalized spacial score (nSPS) is 11.6. The molecule has 3 aromatic rings. The first-order valence-electron chi connectivity index (χ1n) is 10.1. The summed E-state index contributed by atoms with van der Waals surface area (Å²) in [6.07, 6.45) is -1.05. The molecule has 0 radical (unpaired) electrons. The van der Waals surface area contributed by atoms with Gasteiger partial charge >= 0.3 is 11.9 Å². The maximum atomic E-state index is 12.7. The lowest BCUT2D eigenvalue weighted by atomic mass is 10.0. The van der Waals surface area contributed by atoms with Crippen molar-refractivity contribution in [3.8, 4) is 11.1 Å². The molecule has 1 aromatic carbocycles. The summed E-state index contributed by atoms with van der Waals surface area (Å²) in [6, 6.07) is 9.34. The van der Waals surface area contributed by atoms with Crippen LogP contribution < -0.4 is 5.32 Å². The van der Waals surface area contributed by atoms with Crippen LogP contribution in [0.2, 0.25) is 0 Å². The number of aromatic nitrogens is 2. The average molecular weight is 490 g/mol. The van der Waals surface area contributed by atoms with Crippen molar-refractivity contribution in [3.63, 3.8) is 0 Å². The van der Waals surface area contributed by atoms with Crippen LogP contribution in [-0.2, 0) is 24.8 Å². The number of hydrogen-bond donors (Lipinski definition) is 1. The number of benzene rings is 1. The van der Waals surface area contributed by atoms with Crippen LogP contribution in [0, 0.1) is 6.92 Å². The standard InChI is InChI=1S/C22H23N3O6S2/c1-4-29-22(28)19-16(15-8-6-5-7-9-15)10-33-21(19)24-20(27)13(2)30-18(26)12-32-11-17-23-14(3)31-25-17/h5-10,13H,4,11-12H2,1-3H3,(H,24,27). The van der Waals surface area contributed by atoms with Crippen LogP contribution in [0.4, 0.5) is 5.00 Å². The molecule has 0 fully saturated rings. The van der Waals surface area contributed by atoms with Crippen molar-refractivity contribution in [1.82, 2.24) is 10.1 Å². The Morgan fingerprint density at radius 3 is 2.67 bits per heavy atom. The molecule has 0 bridgehead atoms. The highest BCUT2D eigenvalue weighted by atomic mass is 32.2. The molecule has 1 amide bonds. The molecule has 0 spiro atoms.